The summed E-state index contributed by atoms with van der Waals surface area (Å²) in [5.41, 5.74) is 2.18. The van der Waals surface area contributed by atoms with E-state index in [9.17, 15) is 4.79 Å². The Morgan fingerprint density at radius 2 is 1.96 bits per heavy atom. The summed E-state index contributed by atoms with van der Waals surface area (Å²) in [6.07, 6.45) is 3.64. The minimum absolute atomic E-state index is 0.0620. The zero-order valence-corrected chi connectivity index (χ0v) is 16.0. The summed E-state index contributed by atoms with van der Waals surface area (Å²) in [6.45, 7) is 4.72. The summed E-state index contributed by atoms with van der Waals surface area (Å²) in [5.74, 6) is -0.332. The molecule has 0 aliphatic heterocycles. The van der Waals surface area contributed by atoms with Crippen LogP contribution in [0.5, 0.6) is 0 Å². The molecule has 0 N–H and O–H groups in total. The highest BCUT2D eigenvalue weighted by Gasteiger charge is 2.51. The molecular weight excluding hydrogens is 354 g/mol. The van der Waals surface area contributed by atoms with Gasteiger partial charge in [0, 0.05) is 11.8 Å². The van der Waals surface area contributed by atoms with E-state index in [-0.39, 0.29) is 23.6 Å². The molecule has 6 nitrogen and oxygen atoms in total. The molecule has 1 aliphatic carbocycles. The first-order valence-electron chi connectivity index (χ1n) is 9.35. The number of carbonyl (C=O) groups is 1. The molecule has 0 saturated heterocycles. The van der Waals surface area contributed by atoms with Gasteiger partial charge in [0.05, 0.1) is 24.0 Å². The Balaban J connectivity index is 1.36. The maximum atomic E-state index is 12.6. The fraction of sp³-hybridized carbons (Fsp3) is 0.318. The fourth-order valence-corrected chi connectivity index (χ4v) is 3.42. The van der Waals surface area contributed by atoms with Crippen LogP contribution >= 0.6 is 0 Å². The van der Waals surface area contributed by atoms with Crippen LogP contribution < -0.4 is 0 Å². The standard InChI is InChI=1S/C22H23N3O3/c1-22(2)19(27-13-16-7-4-3-5-8-16)12-20(22)28-21(26)17-9-6-10-18(11-17)25-15-23-14-24-25/h3-11,14-15,19-20H,12-13H2,1-2H3/t19-,20-/m0/s1. The fourth-order valence-electron chi connectivity index (χ4n) is 3.42. The Labute approximate surface area is 164 Å². The zero-order chi connectivity index (χ0) is 19.6. The van der Waals surface area contributed by atoms with Crippen molar-refractivity contribution in [2.24, 2.45) is 5.41 Å². The molecule has 1 saturated carbocycles. The van der Waals surface area contributed by atoms with E-state index < -0.39 is 0 Å². The van der Waals surface area contributed by atoms with Gasteiger partial charge in [-0.1, -0.05) is 50.2 Å². The average molecular weight is 377 g/mol. The first-order valence-corrected chi connectivity index (χ1v) is 9.35. The Kier molecular flexibility index (Phi) is 4.96. The van der Waals surface area contributed by atoms with Crippen LogP contribution in [-0.4, -0.2) is 32.9 Å². The van der Waals surface area contributed by atoms with Gasteiger partial charge in [0.15, 0.2) is 0 Å². The van der Waals surface area contributed by atoms with E-state index in [2.05, 4.69) is 23.9 Å². The van der Waals surface area contributed by atoms with Crippen LogP contribution in [-0.2, 0) is 16.1 Å². The summed E-state index contributed by atoms with van der Waals surface area (Å²) < 4.78 is 13.4. The van der Waals surface area contributed by atoms with Crippen LogP contribution in [0.25, 0.3) is 5.69 Å². The molecule has 4 rings (SSSR count). The third kappa shape index (κ3) is 3.68. The van der Waals surface area contributed by atoms with E-state index in [0.29, 0.717) is 18.6 Å². The molecule has 0 radical (unpaired) electrons. The third-order valence-electron chi connectivity index (χ3n) is 5.40. The number of rotatable bonds is 6. The van der Waals surface area contributed by atoms with Crippen molar-refractivity contribution < 1.29 is 14.3 Å². The van der Waals surface area contributed by atoms with Crippen molar-refractivity contribution in [1.82, 2.24) is 14.8 Å². The minimum Gasteiger partial charge on any atom is -0.458 e. The number of carbonyl (C=O) groups excluding carboxylic acids is 1. The molecule has 2 atom stereocenters. The summed E-state index contributed by atoms with van der Waals surface area (Å²) >= 11 is 0. The van der Waals surface area contributed by atoms with E-state index >= 15 is 0 Å². The molecule has 0 unspecified atom stereocenters. The second kappa shape index (κ2) is 7.56. The van der Waals surface area contributed by atoms with Crippen LogP contribution in [0.3, 0.4) is 0 Å². The number of hydrogen-bond donors (Lipinski definition) is 0. The lowest BCUT2D eigenvalue weighted by atomic mass is 9.66. The predicted octanol–water partition coefficient (Wildman–Crippen LogP) is 3.81. The number of hydrogen-bond acceptors (Lipinski definition) is 5. The van der Waals surface area contributed by atoms with Gasteiger partial charge in [0.2, 0.25) is 0 Å². The number of benzene rings is 2. The summed E-state index contributed by atoms with van der Waals surface area (Å²) in [6, 6.07) is 17.3. The van der Waals surface area contributed by atoms with Crippen molar-refractivity contribution in [2.75, 3.05) is 0 Å². The molecular formula is C22H23N3O3. The van der Waals surface area contributed by atoms with E-state index in [4.69, 9.17) is 9.47 Å². The Morgan fingerprint density at radius 1 is 1.14 bits per heavy atom. The molecule has 6 heteroatoms. The van der Waals surface area contributed by atoms with Gasteiger partial charge >= 0.3 is 5.97 Å². The summed E-state index contributed by atoms with van der Waals surface area (Å²) in [4.78, 5) is 16.6. The monoisotopic (exact) mass is 377 g/mol. The van der Waals surface area contributed by atoms with Crippen molar-refractivity contribution in [3.05, 3.63) is 78.4 Å². The molecule has 1 aromatic heterocycles. The molecule has 2 aromatic carbocycles. The molecule has 1 fully saturated rings. The maximum absolute atomic E-state index is 12.6. The zero-order valence-electron chi connectivity index (χ0n) is 16.0. The quantitative estimate of drug-likeness (QED) is 0.611. The second-order valence-corrected chi connectivity index (χ2v) is 7.63. The average Bonchev–Trinajstić information content (AvgIpc) is 3.26. The molecule has 0 amide bonds. The molecule has 3 aromatic rings. The second-order valence-electron chi connectivity index (χ2n) is 7.63. The van der Waals surface area contributed by atoms with Gasteiger partial charge in [-0.3, -0.25) is 0 Å². The van der Waals surface area contributed by atoms with Gasteiger partial charge in [-0.05, 0) is 23.8 Å². The van der Waals surface area contributed by atoms with Crippen LogP contribution in [0.4, 0.5) is 0 Å². The number of aromatic nitrogens is 3. The maximum Gasteiger partial charge on any atom is 0.338 e. The highest BCUT2D eigenvalue weighted by Crippen LogP contribution is 2.45. The van der Waals surface area contributed by atoms with Crippen LogP contribution in [0.1, 0.15) is 36.2 Å². The van der Waals surface area contributed by atoms with Crippen molar-refractivity contribution in [1.29, 1.82) is 0 Å². The van der Waals surface area contributed by atoms with E-state index in [1.54, 1.807) is 23.1 Å². The molecule has 144 valence electrons. The molecule has 1 aliphatic rings. The summed E-state index contributed by atoms with van der Waals surface area (Å²) in [5, 5.41) is 4.09. The van der Waals surface area contributed by atoms with Crippen molar-refractivity contribution in [3.8, 4) is 5.69 Å². The Hall–Kier alpha value is -2.99. The topological polar surface area (TPSA) is 66.2 Å². The molecule has 28 heavy (non-hydrogen) atoms. The predicted molar refractivity (Wildman–Crippen MR) is 104 cm³/mol. The lowest BCUT2D eigenvalue weighted by Crippen LogP contribution is -2.56. The van der Waals surface area contributed by atoms with Gasteiger partial charge in [-0.15, -0.1) is 0 Å². The Bertz CT molecular complexity index is 939. The van der Waals surface area contributed by atoms with Crippen LogP contribution in [0.2, 0.25) is 0 Å². The first-order chi connectivity index (χ1) is 13.5. The largest absolute Gasteiger partial charge is 0.458 e. The van der Waals surface area contributed by atoms with Gasteiger partial charge in [0.1, 0.15) is 18.8 Å². The summed E-state index contributed by atoms with van der Waals surface area (Å²) in [7, 11) is 0. The van der Waals surface area contributed by atoms with Crippen LogP contribution in [0.15, 0.2) is 67.3 Å². The highest BCUT2D eigenvalue weighted by atomic mass is 16.6. The highest BCUT2D eigenvalue weighted by molar-refractivity contribution is 5.90. The lowest BCUT2D eigenvalue weighted by molar-refractivity contribution is -0.181. The van der Waals surface area contributed by atoms with E-state index in [0.717, 1.165) is 11.3 Å². The van der Waals surface area contributed by atoms with Crippen molar-refractivity contribution in [2.45, 2.75) is 39.1 Å². The van der Waals surface area contributed by atoms with E-state index in [1.807, 2.05) is 42.5 Å². The smallest absolute Gasteiger partial charge is 0.338 e. The van der Waals surface area contributed by atoms with Gasteiger partial charge < -0.3 is 9.47 Å². The molecule has 1 heterocycles. The van der Waals surface area contributed by atoms with Gasteiger partial charge in [0.25, 0.3) is 0 Å². The van der Waals surface area contributed by atoms with Gasteiger partial charge in [-0.25, -0.2) is 14.5 Å². The SMILES string of the molecule is CC1(C)[C@@H](OCc2ccccc2)C[C@@H]1OC(=O)c1cccc(-n2cncn2)c1. The third-order valence-corrected chi connectivity index (χ3v) is 5.40. The van der Waals surface area contributed by atoms with E-state index in [1.165, 1.54) is 6.33 Å². The van der Waals surface area contributed by atoms with Crippen molar-refractivity contribution in [3.63, 3.8) is 0 Å². The van der Waals surface area contributed by atoms with Gasteiger partial charge in [-0.2, -0.15) is 5.10 Å². The number of nitrogens with zero attached hydrogens (tertiary/aromatic N) is 3. The molecule has 0 spiro atoms. The number of esters is 1. The first kappa shape index (κ1) is 18.4. The Morgan fingerprint density at radius 3 is 2.68 bits per heavy atom. The molecule has 0 bridgehead atoms. The minimum atomic E-state index is -0.332. The van der Waals surface area contributed by atoms with Crippen molar-refractivity contribution >= 4 is 5.97 Å². The van der Waals surface area contributed by atoms with Crippen LogP contribution in [0, 0.1) is 5.41 Å². The normalized spacial score (nSPS) is 20.4. The number of ether oxygens (including phenoxy) is 2. The lowest BCUT2D eigenvalue weighted by Gasteiger charge is -2.50.